The normalized spacial score (nSPS) is 12.6. The summed E-state index contributed by atoms with van der Waals surface area (Å²) in [5.74, 6) is 0. The first-order valence-corrected chi connectivity index (χ1v) is 5.78. The van der Waals surface area contributed by atoms with Crippen LogP contribution in [0.15, 0.2) is 21.9 Å². The van der Waals surface area contributed by atoms with Gasteiger partial charge in [-0.05, 0) is 6.42 Å². The molecule has 17 heavy (non-hydrogen) atoms. The van der Waals surface area contributed by atoms with Crippen LogP contribution in [0.5, 0.6) is 0 Å². The average Bonchev–Trinajstić information content (AvgIpc) is 2.31. The number of aromatic amines is 1. The predicted octanol–water partition coefficient (Wildman–Crippen LogP) is 0.240. The molecule has 0 fully saturated rings. The van der Waals surface area contributed by atoms with Crippen molar-refractivity contribution in [3.8, 4) is 0 Å². The Hall–Kier alpha value is -0.710. The Labute approximate surface area is 111 Å². The summed E-state index contributed by atoms with van der Waals surface area (Å²) >= 11 is 1.61. The van der Waals surface area contributed by atoms with Crippen molar-refractivity contribution in [1.29, 1.82) is 0 Å². The maximum absolute atomic E-state index is 11.4. The van der Waals surface area contributed by atoms with Crippen LogP contribution in [0.4, 0.5) is 0 Å². The van der Waals surface area contributed by atoms with Gasteiger partial charge in [-0.25, -0.2) is 9.68 Å². The molecule has 0 spiro atoms. The van der Waals surface area contributed by atoms with E-state index in [-0.39, 0.29) is 12.7 Å². The quantitative estimate of drug-likeness (QED) is 0.430. The van der Waals surface area contributed by atoms with Crippen molar-refractivity contribution in [2.75, 3.05) is 13.7 Å². The second-order valence-corrected chi connectivity index (χ2v) is 3.66. The number of aryl methyl sites for hydroxylation is 1. The molecule has 8 heteroatoms. The van der Waals surface area contributed by atoms with Gasteiger partial charge in [-0.3, -0.25) is 9.78 Å². The second-order valence-electron chi connectivity index (χ2n) is 3.30. The largest absolute Gasteiger partial charge is 0.379 e. The van der Waals surface area contributed by atoms with Gasteiger partial charge in [0, 0.05) is 25.9 Å². The van der Waals surface area contributed by atoms with Gasteiger partial charge in [0.05, 0.1) is 6.10 Å². The van der Waals surface area contributed by atoms with E-state index in [0.717, 1.165) is 0 Å². The van der Waals surface area contributed by atoms with Gasteiger partial charge in [0.25, 0.3) is 5.56 Å². The van der Waals surface area contributed by atoms with Crippen molar-refractivity contribution >= 4 is 23.0 Å². The van der Waals surface area contributed by atoms with E-state index in [1.165, 1.54) is 16.8 Å². The zero-order valence-corrected chi connectivity index (χ0v) is 11.4. The molecule has 1 heterocycles. The van der Waals surface area contributed by atoms with Gasteiger partial charge in [-0.2, -0.15) is 3.22 Å². The average molecular weight is 356 g/mol. The summed E-state index contributed by atoms with van der Waals surface area (Å²) < 4.78 is 11.0. The highest BCUT2D eigenvalue weighted by Crippen LogP contribution is 2.01. The van der Waals surface area contributed by atoms with Gasteiger partial charge < -0.3 is 9.30 Å². The molecule has 0 aliphatic rings. The van der Waals surface area contributed by atoms with Crippen molar-refractivity contribution in [1.82, 2.24) is 9.55 Å². The summed E-state index contributed by atoms with van der Waals surface area (Å²) in [4.78, 5) is 29.1. The SMILES string of the molecule is COC(CCn1ccc(=O)[nH]c1=O)COOI. The highest BCUT2D eigenvalue weighted by Gasteiger charge is 2.09. The first kappa shape index (κ1) is 14.4. The molecule has 1 aromatic heterocycles. The minimum atomic E-state index is -0.432. The van der Waals surface area contributed by atoms with E-state index in [4.69, 9.17) is 9.62 Å². The van der Waals surface area contributed by atoms with Crippen molar-refractivity contribution in [2.24, 2.45) is 0 Å². The number of aromatic nitrogens is 2. The highest BCUT2D eigenvalue weighted by molar-refractivity contribution is 14.1. The van der Waals surface area contributed by atoms with Crippen molar-refractivity contribution in [3.05, 3.63) is 33.1 Å². The molecule has 96 valence electrons. The van der Waals surface area contributed by atoms with E-state index < -0.39 is 11.2 Å². The maximum atomic E-state index is 11.4. The number of halogens is 1. The summed E-state index contributed by atoms with van der Waals surface area (Å²) in [5, 5.41) is 0. The summed E-state index contributed by atoms with van der Waals surface area (Å²) in [5.41, 5.74) is -0.838. The van der Waals surface area contributed by atoms with Gasteiger partial charge in [0.1, 0.15) is 6.61 Å². The Bertz CT molecular complexity index is 444. The Kier molecular flexibility index (Phi) is 6.40. The number of rotatable bonds is 7. The molecule has 7 nitrogen and oxygen atoms in total. The molecule has 1 N–H and O–H groups in total. The summed E-state index contributed by atoms with van der Waals surface area (Å²) in [6.07, 6.45) is 1.84. The van der Waals surface area contributed by atoms with Crippen LogP contribution in [-0.2, 0) is 19.4 Å². The molecular formula is C9H13IN2O5. The zero-order valence-electron chi connectivity index (χ0n) is 9.22. The van der Waals surface area contributed by atoms with E-state index in [1.807, 2.05) is 0 Å². The summed E-state index contributed by atoms with van der Waals surface area (Å²) in [6.45, 7) is 0.705. The smallest absolute Gasteiger partial charge is 0.328 e. The van der Waals surface area contributed by atoms with Crippen LogP contribution in [0.1, 0.15) is 6.42 Å². The van der Waals surface area contributed by atoms with E-state index >= 15 is 0 Å². The van der Waals surface area contributed by atoms with Crippen molar-refractivity contribution < 1.29 is 12.8 Å². The fourth-order valence-corrected chi connectivity index (χ4v) is 1.42. The van der Waals surface area contributed by atoms with Crippen LogP contribution in [0.25, 0.3) is 0 Å². The molecule has 0 aromatic carbocycles. The van der Waals surface area contributed by atoms with Gasteiger partial charge in [0.15, 0.2) is 23.0 Å². The van der Waals surface area contributed by atoms with Gasteiger partial charge in [0.2, 0.25) is 0 Å². The van der Waals surface area contributed by atoms with Crippen LogP contribution in [0, 0.1) is 0 Å². The van der Waals surface area contributed by atoms with E-state index in [9.17, 15) is 9.59 Å². The van der Waals surface area contributed by atoms with Gasteiger partial charge >= 0.3 is 5.69 Å². The number of ether oxygens (including phenoxy) is 1. The molecule has 0 radical (unpaired) electrons. The number of methoxy groups -OCH3 is 1. The lowest BCUT2D eigenvalue weighted by atomic mass is 10.2. The first-order valence-electron chi connectivity index (χ1n) is 4.90. The summed E-state index contributed by atoms with van der Waals surface area (Å²) in [7, 11) is 1.55. The fraction of sp³-hybridized carbons (Fsp3) is 0.556. The van der Waals surface area contributed by atoms with Gasteiger partial charge in [-0.15, -0.1) is 0 Å². The third-order valence-corrected chi connectivity index (χ3v) is 2.47. The fourth-order valence-electron chi connectivity index (χ4n) is 1.27. The topological polar surface area (TPSA) is 82.6 Å². The standard InChI is InChI=1S/C9H13IN2O5/c1-15-7(6-16-17-10)2-4-12-5-3-8(13)11-9(12)14/h3,5,7H,2,4,6H2,1H3,(H,11,13,14). The number of hydrogen-bond donors (Lipinski definition) is 1. The second kappa shape index (κ2) is 7.58. The summed E-state index contributed by atoms with van der Waals surface area (Å²) in [6, 6.07) is 1.30. The molecule has 0 saturated carbocycles. The lowest BCUT2D eigenvalue weighted by Crippen LogP contribution is -2.30. The van der Waals surface area contributed by atoms with Crippen molar-refractivity contribution in [3.63, 3.8) is 0 Å². The van der Waals surface area contributed by atoms with Crippen LogP contribution in [-0.4, -0.2) is 29.4 Å². The van der Waals surface area contributed by atoms with E-state index in [0.29, 0.717) is 13.0 Å². The zero-order chi connectivity index (χ0) is 12.7. The first-order chi connectivity index (χ1) is 8.17. The Morgan fingerprint density at radius 3 is 2.88 bits per heavy atom. The van der Waals surface area contributed by atoms with Crippen LogP contribution < -0.4 is 11.2 Å². The van der Waals surface area contributed by atoms with E-state index in [1.54, 1.807) is 30.1 Å². The third kappa shape index (κ3) is 4.98. The molecule has 0 bridgehead atoms. The molecule has 0 amide bonds. The molecule has 0 aliphatic heterocycles. The monoisotopic (exact) mass is 356 g/mol. The minimum Gasteiger partial charge on any atom is -0.379 e. The Morgan fingerprint density at radius 2 is 2.29 bits per heavy atom. The number of H-pyrrole nitrogens is 1. The minimum absolute atomic E-state index is 0.177. The molecule has 0 aliphatic carbocycles. The molecule has 1 atom stereocenters. The lowest BCUT2D eigenvalue weighted by Gasteiger charge is -2.14. The third-order valence-electron chi connectivity index (χ3n) is 2.22. The van der Waals surface area contributed by atoms with Crippen LogP contribution in [0.3, 0.4) is 0 Å². The van der Waals surface area contributed by atoms with E-state index in [2.05, 4.69) is 8.20 Å². The molecule has 1 unspecified atom stereocenters. The highest BCUT2D eigenvalue weighted by atomic mass is 127. The molecular weight excluding hydrogens is 343 g/mol. The molecule has 1 aromatic rings. The van der Waals surface area contributed by atoms with Crippen LogP contribution >= 0.6 is 23.0 Å². The van der Waals surface area contributed by atoms with Crippen molar-refractivity contribution in [2.45, 2.75) is 19.1 Å². The van der Waals surface area contributed by atoms with Crippen LogP contribution in [0.2, 0.25) is 0 Å². The number of nitrogens with one attached hydrogen (secondary N) is 1. The maximum Gasteiger partial charge on any atom is 0.328 e. The molecule has 0 saturated heterocycles. The Balaban J connectivity index is 2.53. The lowest BCUT2D eigenvalue weighted by molar-refractivity contribution is -0.191. The van der Waals surface area contributed by atoms with Gasteiger partial charge in [-0.1, -0.05) is 0 Å². The number of hydrogen-bond acceptors (Lipinski definition) is 5. The predicted molar refractivity (Wildman–Crippen MR) is 67.8 cm³/mol. The molecule has 1 rings (SSSR count). The Morgan fingerprint density at radius 1 is 1.53 bits per heavy atom. The number of nitrogens with zero attached hydrogens (tertiary/aromatic N) is 1.